The van der Waals surface area contributed by atoms with Crippen molar-refractivity contribution in [1.82, 2.24) is 19.9 Å². The molecule has 5 nitrogen and oxygen atoms in total. The molecular formula is C15H23N5. The van der Waals surface area contributed by atoms with Crippen LogP contribution in [0.1, 0.15) is 31.9 Å². The fraction of sp³-hybridized carbons (Fsp3) is 0.600. The fourth-order valence-electron chi connectivity index (χ4n) is 3.05. The van der Waals surface area contributed by atoms with Crippen molar-refractivity contribution in [3.8, 4) is 0 Å². The molecule has 1 fully saturated rings. The topological polar surface area (TPSA) is 45.5 Å². The van der Waals surface area contributed by atoms with Gasteiger partial charge in [0.15, 0.2) is 5.82 Å². The molecule has 1 N–H and O–H groups in total. The summed E-state index contributed by atoms with van der Waals surface area (Å²) in [6.07, 6.45) is 7.58. The third kappa shape index (κ3) is 2.50. The second-order valence-corrected chi connectivity index (χ2v) is 5.52. The molecule has 0 aliphatic carbocycles. The molecule has 1 unspecified atom stereocenters. The van der Waals surface area contributed by atoms with Crippen molar-refractivity contribution in [2.75, 3.05) is 24.5 Å². The van der Waals surface area contributed by atoms with E-state index < -0.39 is 0 Å². The second kappa shape index (κ2) is 5.79. The van der Waals surface area contributed by atoms with E-state index in [0.717, 1.165) is 36.7 Å². The van der Waals surface area contributed by atoms with Gasteiger partial charge in [0.05, 0.1) is 5.69 Å². The molecule has 1 saturated heterocycles. The molecular weight excluding hydrogens is 250 g/mol. The lowest BCUT2D eigenvalue weighted by Gasteiger charge is -2.37. The van der Waals surface area contributed by atoms with E-state index in [9.17, 15) is 0 Å². The molecule has 3 rings (SSSR count). The Morgan fingerprint density at radius 2 is 2.30 bits per heavy atom. The van der Waals surface area contributed by atoms with Crippen LogP contribution in [-0.2, 0) is 0 Å². The van der Waals surface area contributed by atoms with Crippen LogP contribution in [0, 0.1) is 6.92 Å². The van der Waals surface area contributed by atoms with Crippen molar-refractivity contribution in [3.63, 3.8) is 0 Å². The van der Waals surface area contributed by atoms with Gasteiger partial charge in [-0.25, -0.2) is 9.50 Å². The highest BCUT2D eigenvalue weighted by Crippen LogP contribution is 2.26. The Bertz CT molecular complexity index is 577. The number of hydrogen-bond acceptors (Lipinski definition) is 4. The molecule has 1 aliphatic rings. The quantitative estimate of drug-likeness (QED) is 0.925. The summed E-state index contributed by atoms with van der Waals surface area (Å²) in [6.45, 7) is 7.34. The average Bonchev–Trinajstić information content (AvgIpc) is 2.85. The van der Waals surface area contributed by atoms with Crippen LogP contribution in [0.2, 0.25) is 0 Å². The highest BCUT2D eigenvalue weighted by Gasteiger charge is 2.25. The lowest BCUT2D eigenvalue weighted by atomic mass is 10.0. The predicted molar refractivity (Wildman–Crippen MR) is 81.3 cm³/mol. The lowest BCUT2D eigenvalue weighted by molar-refractivity contribution is 0.437. The number of nitrogens with zero attached hydrogens (tertiary/aromatic N) is 4. The number of fused-ring (bicyclic) bond motifs is 1. The Morgan fingerprint density at radius 1 is 1.40 bits per heavy atom. The number of nitrogens with one attached hydrogen (secondary N) is 1. The first-order valence-electron chi connectivity index (χ1n) is 7.58. The van der Waals surface area contributed by atoms with Gasteiger partial charge in [-0.2, -0.15) is 5.10 Å². The van der Waals surface area contributed by atoms with E-state index in [4.69, 9.17) is 0 Å². The molecule has 3 heterocycles. The predicted octanol–water partition coefficient (Wildman–Crippen LogP) is 2.01. The third-order valence-corrected chi connectivity index (χ3v) is 4.02. The molecule has 0 radical (unpaired) electrons. The average molecular weight is 273 g/mol. The summed E-state index contributed by atoms with van der Waals surface area (Å²) in [5.74, 6) is 1.08. The van der Waals surface area contributed by atoms with Crippen molar-refractivity contribution in [2.24, 2.45) is 0 Å². The zero-order valence-corrected chi connectivity index (χ0v) is 12.3. The summed E-state index contributed by atoms with van der Waals surface area (Å²) >= 11 is 0. The van der Waals surface area contributed by atoms with E-state index in [1.54, 1.807) is 0 Å². The van der Waals surface area contributed by atoms with Gasteiger partial charge in [-0.15, -0.1) is 0 Å². The van der Waals surface area contributed by atoms with Crippen molar-refractivity contribution in [1.29, 1.82) is 0 Å². The van der Waals surface area contributed by atoms with Gasteiger partial charge in [0.2, 0.25) is 0 Å². The minimum atomic E-state index is 0.539. The van der Waals surface area contributed by atoms with Crippen LogP contribution in [0.25, 0.3) is 5.52 Å². The molecule has 0 aromatic carbocycles. The summed E-state index contributed by atoms with van der Waals surface area (Å²) in [4.78, 5) is 7.10. The van der Waals surface area contributed by atoms with Crippen LogP contribution >= 0.6 is 0 Å². The third-order valence-electron chi connectivity index (χ3n) is 4.02. The fourth-order valence-corrected chi connectivity index (χ4v) is 3.05. The number of aryl methyl sites for hydroxylation is 1. The van der Waals surface area contributed by atoms with E-state index in [1.807, 2.05) is 23.8 Å². The maximum Gasteiger partial charge on any atom is 0.154 e. The minimum absolute atomic E-state index is 0.539. The van der Waals surface area contributed by atoms with Gasteiger partial charge in [-0.1, -0.05) is 6.92 Å². The van der Waals surface area contributed by atoms with Crippen LogP contribution in [-0.4, -0.2) is 40.3 Å². The monoisotopic (exact) mass is 273 g/mol. The number of hydrogen-bond donors (Lipinski definition) is 1. The highest BCUT2D eigenvalue weighted by atomic mass is 15.3. The van der Waals surface area contributed by atoms with Gasteiger partial charge < -0.3 is 10.2 Å². The normalized spacial score (nSPS) is 19.7. The molecule has 5 heteroatoms. The molecule has 2 aromatic heterocycles. The summed E-state index contributed by atoms with van der Waals surface area (Å²) in [5.41, 5.74) is 2.16. The number of rotatable bonds is 4. The largest absolute Gasteiger partial charge is 0.351 e. The Kier molecular flexibility index (Phi) is 3.87. The molecule has 108 valence electrons. The van der Waals surface area contributed by atoms with E-state index in [1.165, 1.54) is 19.3 Å². The van der Waals surface area contributed by atoms with Crippen molar-refractivity contribution >= 4 is 11.3 Å². The van der Waals surface area contributed by atoms with Crippen molar-refractivity contribution in [3.05, 3.63) is 24.2 Å². The van der Waals surface area contributed by atoms with Gasteiger partial charge in [-0.05, 0) is 38.8 Å². The molecule has 0 amide bonds. The molecule has 1 aliphatic heterocycles. The van der Waals surface area contributed by atoms with Gasteiger partial charge in [0.25, 0.3) is 0 Å². The van der Waals surface area contributed by atoms with E-state index in [0.29, 0.717) is 6.04 Å². The number of aromatic nitrogens is 3. The smallest absolute Gasteiger partial charge is 0.154 e. The summed E-state index contributed by atoms with van der Waals surface area (Å²) < 4.78 is 1.94. The minimum Gasteiger partial charge on any atom is -0.351 e. The van der Waals surface area contributed by atoms with Gasteiger partial charge in [0, 0.05) is 31.5 Å². The van der Waals surface area contributed by atoms with Gasteiger partial charge in [-0.3, -0.25) is 0 Å². The Labute approximate surface area is 120 Å². The molecule has 20 heavy (non-hydrogen) atoms. The standard InChI is InChI=1S/C15H23N5/c1-3-16-11-13-6-4-5-8-19(13)15-14-10-12(2)18-20(14)9-7-17-15/h7,9-10,13,16H,3-6,8,11H2,1-2H3. The number of anilines is 1. The zero-order chi connectivity index (χ0) is 13.9. The summed E-state index contributed by atoms with van der Waals surface area (Å²) in [6, 6.07) is 2.67. The molecule has 0 spiro atoms. The summed E-state index contributed by atoms with van der Waals surface area (Å²) in [5, 5.41) is 7.97. The second-order valence-electron chi connectivity index (χ2n) is 5.52. The Hall–Kier alpha value is -1.62. The maximum absolute atomic E-state index is 4.64. The number of piperidine rings is 1. The van der Waals surface area contributed by atoms with Crippen LogP contribution < -0.4 is 10.2 Å². The molecule has 1 atom stereocenters. The van der Waals surface area contributed by atoms with Crippen molar-refractivity contribution < 1.29 is 0 Å². The van der Waals surface area contributed by atoms with Crippen LogP contribution in [0.5, 0.6) is 0 Å². The lowest BCUT2D eigenvalue weighted by Crippen LogP contribution is -2.46. The highest BCUT2D eigenvalue weighted by molar-refractivity contribution is 5.69. The first-order valence-corrected chi connectivity index (χ1v) is 7.58. The summed E-state index contributed by atoms with van der Waals surface area (Å²) in [7, 11) is 0. The van der Waals surface area contributed by atoms with E-state index in [2.05, 4.69) is 33.3 Å². The number of likely N-dealkylation sites (N-methyl/N-ethyl adjacent to an activating group) is 1. The van der Waals surface area contributed by atoms with Crippen molar-refractivity contribution in [2.45, 2.75) is 39.2 Å². The SMILES string of the molecule is CCNCC1CCCCN1c1nccn2nc(C)cc12. The molecule has 2 aromatic rings. The van der Waals surface area contributed by atoms with Gasteiger partial charge in [0.1, 0.15) is 5.52 Å². The van der Waals surface area contributed by atoms with E-state index in [-0.39, 0.29) is 0 Å². The molecule has 0 bridgehead atoms. The Morgan fingerprint density at radius 3 is 3.15 bits per heavy atom. The van der Waals surface area contributed by atoms with Crippen LogP contribution in [0.4, 0.5) is 5.82 Å². The van der Waals surface area contributed by atoms with Crippen LogP contribution in [0.3, 0.4) is 0 Å². The van der Waals surface area contributed by atoms with Crippen LogP contribution in [0.15, 0.2) is 18.5 Å². The molecule has 0 saturated carbocycles. The maximum atomic E-state index is 4.64. The Balaban J connectivity index is 1.94. The first kappa shape index (κ1) is 13.4. The zero-order valence-electron chi connectivity index (χ0n) is 12.3. The first-order chi connectivity index (χ1) is 9.79. The van der Waals surface area contributed by atoms with Gasteiger partial charge >= 0.3 is 0 Å². The van der Waals surface area contributed by atoms with E-state index >= 15 is 0 Å².